The number of benzene rings is 1. The van der Waals surface area contributed by atoms with Crippen molar-refractivity contribution < 1.29 is 14.8 Å². The van der Waals surface area contributed by atoms with Crippen molar-refractivity contribution in [1.29, 1.82) is 0 Å². The van der Waals surface area contributed by atoms with Crippen LogP contribution in [0.25, 0.3) is 0 Å². The lowest BCUT2D eigenvalue weighted by atomic mass is 9.80. The van der Waals surface area contributed by atoms with Crippen molar-refractivity contribution in [2.24, 2.45) is 0 Å². The zero-order chi connectivity index (χ0) is 11.3. The summed E-state index contributed by atoms with van der Waals surface area (Å²) in [5.74, 6) is -0.0675. The van der Waals surface area contributed by atoms with E-state index < -0.39 is 7.12 Å². The number of nitrogens with one attached hydrogen (secondary N) is 1. The first kappa shape index (κ1) is 11.7. The van der Waals surface area contributed by atoms with E-state index in [1.54, 1.807) is 18.2 Å². The van der Waals surface area contributed by atoms with Gasteiger partial charge in [0.1, 0.15) is 0 Å². The molecule has 3 N–H and O–H groups in total. The van der Waals surface area contributed by atoms with Gasteiger partial charge < -0.3 is 15.4 Å². The van der Waals surface area contributed by atoms with Gasteiger partial charge in [0, 0.05) is 12.1 Å². The Hall–Kier alpha value is -1.33. The van der Waals surface area contributed by atoms with Crippen LogP contribution in [0.1, 0.15) is 19.8 Å². The van der Waals surface area contributed by atoms with Gasteiger partial charge in [0.05, 0.1) is 0 Å². The van der Waals surface area contributed by atoms with Gasteiger partial charge >= 0.3 is 7.12 Å². The lowest BCUT2D eigenvalue weighted by Gasteiger charge is -2.06. The van der Waals surface area contributed by atoms with Crippen molar-refractivity contribution in [3.63, 3.8) is 0 Å². The molecule has 0 heterocycles. The Morgan fingerprint density at radius 2 is 2.20 bits per heavy atom. The maximum atomic E-state index is 11.3. The highest BCUT2D eigenvalue weighted by Crippen LogP contribution is 2.05. The summed E-state index contributed by atoms with van der Waals surface area (Å²) in [4.78, 5) is 11.3. The molecule has 0 radical (unpaired) electrons. The van der Waals surface area contributed by atoms with Gasteiger partial charge in [-0.1, -0.05) is 19.1 Å². The van der Waals surface area contributed by atoms with Crippen LogP contribution >= 0.6 is 0 Å². The fourth-order valence-electron chi connectivity index (χ4n) is 1.23. The molecule has 1 aromatic carbocycles. The minimum atomic E-state index is -1.51. The van der Waals surface area contributed by atoms with Crippen molar-refractivity contribution in [3.8, 4) is 0 Å². The molecule has 0 bridgehead atoms. The molecule has 1 aromatic rings. The van der Waals surface area contributed by atoms with Crippen LogP contribution in [0.5, 0.6) is 0 Å². The molecule has 0 unspecified atom stereocenters. The number of carbonyl (C=O) groups excluding carboxylic acids is 1. The highest BCUT2D eigenvalue weighted by molar-refractivity contribution is 6.58. The number of hydrogen-bond acceptors (Lipinski definition) is 3. The van der Waals surface area contributed by atoms with E-state index in [1.165, 1.54) is 6.07 Å². The van der Waals surface area contributed by atoms with E-state index in [2.05, 4.69) is 5.32 Å². The van der Waals surface area contributed by atoms with Crippen LogP contribution in [0.4, 0.5) is 5.69 Å². The number of rotatable bonds is 4. The van der Waals surface area contributed by atoms with Crippen LogP contribution in [0.3, 0.4) is 0 Å². The normalized spacial score (nSPS) is 9.80. The average Bonchev–Trinajstić information content (AvgIpc) is 2.18. The van der Waals surface area contributed by atoms with E-state index in [9.17, 15) is 4.79 Å². The van der Waals surface area contributed by atoms with Gasteiger partial charge in [0.2, 0.25) is 5.91 Å². The molecule has 80 valence electrons. The maximum Gasteiger partial charge on any atom is 0.488 e. The monoisotopic (exact) mass is 207 g/mol. The minimum absolute atomic E-state index is 0.0675. The van der Waals surface area contributed by atoms with E-state index in [0.717, 1.165) is 6.42 Å². The molecule has 15 heavy (non-hydrogen) atoms. The molecule has 0 fully saturated rings. The van der Waals surface area contributed by atoms with Crippen LogP contribution in [0, 0.1) is 0 Å². The maximum absolute atomic E-state index is 11.3. The highest BCUT2D eigenvalue weighted by Gasteiger charge is 2.11. The molecule has 1 rings (SSSR count). The molecule has 0 saturated carbocycles. The Morgan fingerprint density at radius 3 is 2.80 bits per heavy atom. The fraction of sp³-hybridized carbons (Fsp3) is 0.300. The number of hydrogen-bond donors (Lipinski definition) is 3. The molecule has 0 aromatic heterocycles. The van der Waals surface area contributed by atoms with E-state index in [0.29, 0.717) is 17.6 Å². The van der Waals surface area contributed by atoms with Gasteiger partial charge in [0.25, 0.3) is 0 Å². The summed E-state index contributed by atoms with van der Waals surface area (Å²) in [6.45, 7) is 1.92. The summed E-state index contributed by atoms with van der Waals surface area (Å²) < 4.78 is 0. The smallest absolute Gasteiger partial charge is 0.423 e. The number of amides is 1. The summed E-state index contributed by atoms with van der Waals surface area (Å²) in [6.07, 6.45) is 1.25. The molecule has 0 aliphatic rings. The minimum Gasteiger partial charge on any atom is -0.423 e. The molecule has 0 aliphatic heterocycles. The van der Waals surface area contributed by atoms with Crippen LogP contribution in [0.2, 0.25) is 0 Å². The Balaban J connectivity index is 2.69. The summed E-state index contributed by atoms with van der Waals surface area (Å²) in [7, 11) is -1.51. The number of anilines is 1. The van der Waals surface area contributed by atoms with E-state index in [1.807, 2.05) is 6.92 Å². The zero-order valence-corrected chi connectivity index (χ0v) is 8.60. The Labute approximate surface area is 89.1 Å². The van der Waals surface area contributed by atoms with Crippen molar-refractivity contribution in [3.05, 3.63) is 24.3 Å². The van der Waals surface area contributed by atoms with Gasteiger partial charge in [-0.25, -0.2) is 0 Å². The largest absolute Gasteiger partial charge is 0.488 e. The standard InChI is InChI=1S/C10H14BNO3/c1-2-4-10(13)12-9-6-3-5-8(7-9)11(14)15/h3,5-7,14-15H,2,4H2,1H3,(H,12,13). The summed E-state index contributed by atoms with van der Waals surface area (Å²) >= 11 is 0. The van der Waals surface area contributed by atoms with E-state index >= 15 is 0 Å². The zero-order valence-electron chi connectivity index (χ0n) is 8.60. The predicted molar refractivity (Wildman–Crippen MR) is 59.8 cm³/mol. The van der Waals surface area contributed by atoms with Crippen molar-refractivity contribution in [2.75, 3.05) is 5.32 Å². The third kappa shape index (κ3) is 3.73. The first-order valence-corrected chi connectivity index (χ1v) is 4.89. The second-order valence-electron chi connectivity index (χ2n) is 3.30. The molecule has 0 saturated heterocycles. The topological polar surface area (TPSA) is 69.6 Å². The van der Waals surface area contributed by atoms with Gasteiger partial charge in [-0.05, 0) is 24.0 Å². The van der Waals surface area contributed by atoms with Crippen LogP contribution in [-0.4, -0.2) is 23.1 Å². The Bertz CT molecular complexity index is 341. The number of carbonyl (C=O) groups is 1. The molecule has 0 aliphatic carbocycles. The van der Waals surface area contributed by atoms with Gasteiger partial charge in [0.15, 0.2) is 0 Å². The quantitative estimate of drug-likeness (QED) is 0.613. The Kier molecular flexibility index (Phi) is 4.33. The summed E-state index contributed by atoms with van der Waals surface area (Å²) in [5.41, 5.74) is 0.948. The lowest BCUT2D eigenvalue weighted by Crippen LogP contribution is -2.30. The van der Waals surface area contributed by atoms with Gasteiger partial charge in [-0.2, -0.15) is 0 Å². The molecule has 0 atom stereocenters. The first-order valence-electron chi connectivity index (χ1n) is 4.89. The summed E-state index contributed by atoms with van der Waals surface area (Å²) in [5, 5.41) is 20.5. The molecular formula is C10H14BNO3. The van der Waals surface area contributed by atoms with E-state index in [-0.39, 0.29) is 5.91 Å². The molecule has 5 heteroatoms. The van der Waals surface area contributed by atoms with Crippen LogP contribution in [0.15, 0.2) is 24.3 Å². The van der Waals surface area contributed by atoms with Crippen LogP contribution < -0.4 is 10.8 Å². The second kappa shape index (κ2) is 5.53. The first-order chi connectivity index (χ1) is 7.13. The van der Waals surface area contributed by atoms with Gasteiger partial charge in [-0.15, -0.1) is 0 Å². The molecule has 1 amide bonds. The molecule has 0 spiro atoms. The lowest BCUT2D eigenvalue weighted by molar-refractivity contribution is -0.116. The predicted octanol–water partition coefficient (Wildman–Crippen LogP) is 0.105. The third-order valence-corrected chi connectivity index (χ3v) is 1.95. The van der Waals surface area contributed by atoms with Gasteiger partial charge in [-0.3, -0.25) is 4.79 Å². The van der Waals surface area contributed by atoms with E-state index in [4.69, 9.17) is 10.0 Å². The van der Waals surface area contributed by atoms with Crippen molar-refractivity contribution in [1.82, 2.24) is 0 Å². The Morgan fingerprint density at radius 1 is 1.47 bits per heavy atom. The van der Waals surface area contributed by atoms with Crippen molar-refractivity contribution in [2.45, 2.75) is 19.8 Å². The molecular weight excluding hydrogens is 193 g/mol. The van der Waals surface area contributed by atoms with Crippen molar-refractivity contribution >= 4 is 24.2 Å². The average molecular weight is 207 g/mol. The van der Waals surface area contributed by atoms with Crippen LogP contribution in [-0.2, 0) is 4.79 Å². The highest BCUT2D eigenvalue weighted by atomic mass is 16.4. The fourth-order valence-corrected chi connectivity index (χ4v) is 1.23. The molecule has 4 nitrogen and oxygen atoms in total. The summed E-state index contributed by atoms with van der Waals surface area (Å²) in [6, 6.07) is 6.49. The third-order valence-electron chi connectivity index (χ3n) is 1.95. The SMILES string of the molecule is CCCC(=O)Nc1cccc(B(O)O)c1. The second-order valence-corrected chi connectivity index (χ2v) is 3.30.